The van der Waals surface area contributed by atoms with Gasteiger partial charge in [-0.3, -0.25) is 4.79 Å². The summed E-state index contributed by atoms with van der Waals surface area (Å²) in [6.07, 6.45) is 1.88. The number of fused-ring (bicyclic) bond motifs is 1. The molecule has 1 unspecified atom stereocenters. The Morgan fingerprint density at radius 2 is 2.00 bits per heavy atom. The van der Waals surface area contributed by atoms with Gasteiger partial charge in [-0.05, 0) is 61.2 Å². The number of rotatable bonds is 6. The first-order chi connectivity index (χ1) is 14.8. The van der Waals surface area contributed by atoms with Crippen molar-refractivity contribution in [1.82, 2.24) is 19.5 Å². The maximum atomic E-state index is 13.1. The van der Waals surface area contributed by atoms with Crippen LogP contribution in [0.3, 0.4) is 0 Å². The van der Waals surface area contributed by atoms with Gasteiger partial charge >= 0.3 is 0 Å². The van der Waals surface area contributed by atoms with Crippen molar-refractivity contribution in [2.75, 3.05) is 25.0 Å². The van der Waals surface area contributed by atoms with Crippen molar-refractivity contribution in [2.45, 2.75) is 31.6 Å². The summed E-state index contributed by atoms with van der Waals surface area (Å²) in [6, 6.07) is 12.0. The Balaban J connectivity index is 1.49. The van der Waals surface area contributed by atoms with Crippen LogP contribution in [0.4, 0.5) is 5.69 Å². The lowest BCUT2D eigenvalue weighted by molar-refractivity contribution is -0.121. The second-order valence-corrected chi connectivity index (χ2v) is 9.85. The van der Waals surface area contributed by atoms with E-state index in [0.29, 0.717) is 35.7 Å². The number of hydrogen-bond acceptors (Lipinski definition) is 6. The second kappa shape index (κ2) is 8.64. The third kappa shape index (κ3) is 4.70. The molecule has 1 aromatic heterocycles. The molecule has 1 atom stereocenters. The summed E-state index contributed by atoms with van der Waals surface area (Å²) in [5, 5.41) is 10.6. The van der Waals surface area contributed by atoms with Crippen LogP contribution in [-0.2, 0) is 14.8 Å². The van der Waals surface area contributed by atoms with Crippen LogP contribution in [0.5, 0.6) is 0 Å². The lowest BCUT2D eigenvalue weighted by Gasteiger charge is -2.30. The first-order valence-corrected chi connectivity index (χ1v) is 11.6. The Hall–Kier alpha value is -2.98. The molecule has 0 radical (unpaired) electrons. The normalized spacial score (nSPS) is 17.5. The van der Waals surface area contributed by atoms with Crippen molar-refractivity contribution < 1.29 is 18.0 Å². The predicted molar refractivity (Wildman–Crippen MR) is 116 cm³/mol. The number of aromatic nitrogens is 3. The molecule has 1 N–H and O–H groups in total. The smallest absolute Gasteiger partial charge is 0.265 e. The first-order valence-electron chi connectivity index (χ1n) is 10.2. The first kappa shape index (κ1) is 21.3. The average molecular weight is 444 g/mol. The monoisotopic (exact) mass is 443 g/mol. The molecular weight excluding hydrogens is 418 g/mol. The van der Waals surface area contributed by atoms with Gasteiger partial charge in [0.25, 0.3) is 5.91 Å². The van der Waals surface area contributed by atoms with E-state index in [1.807, 2.05) is 19.1 Å². The maximum absolute atomic E-state index is 13.1. The Bertz CT molecular complexity index is 1190. The van der Waals surface area contributed by atoms with E-state index < -0.39 is 10.0 Å². The van der Waals surface area contributed by atoms with Gasteiger partial charge in [-0.25, -0.2) is 8.42 Å². The average Bonchev–Trinajstić information content (AvgIpc) is 3.16. The van der Waals surface area contributed by atoms with Crippen molar-refractivity contribution in [3.8, 4) is 0 Å². The van der Waals surface area contributed by atoms with Crippen molar-refractivity contribution in [1.29, 1.82) is 0 Å². The third-order valence-corrected chi connectivity index (χ3v) is 7.16. The highest BCUT2D eigenvalue weighted by atomic mass is 32.2. The van der Waals surface area contributed by atoms with Crippen LogP contribution < -0.4 is 10.2 Å². The van der Waals surface area contributed by atoms with Crippen LogP contribution in [0.1, 0.15) is 25.3 Å². The summed E-state index contributed by atoms with van der Waals surface area (Å²) in [6.45, 7) is 4.74. The Kier molecular flexibility index (Phi) is 5.92. The highest BCUT2D eigenvalue weighted by Gasteiger charge is 2.29. The molecule has 1 aliphatic heterocycles. The van der Waals surface area contributed by atoms with Crippen molar-refractivity contribution in [3.05, 3.63) is 48.0 Å². The molecule has 0 saturated carbocycles. The molecule has 1 aliphatic rings. The van der Waals surface area contributed by atoms with Crippen LogP contribution >= 0.6 is 0 Å². The minimum atomic E-state index is -3.63. The number of amides is 1. The Morgan fingerprint density at radius 3 is 2.74 bits per heavy atom. The van der Waals surface area contributed by atoms with Crippen molar-refractivity contribution in [2.24, 2.45) is 5.92 Å². The molecule has 1 saturated heterocycles. The molecule has 1 fully saturated rings. The van der Waals surface area contributed by atoms with E-state index in [9.17, 15) is 13.2 Å². The number of aryl methyl sites for hydroxylation is 1. The van der Waals surface area contributed by atoms with Gasteiger partial charge in [0, 0.05) is 18.8 Å². The number of nitrogens with one attached hydrogen (secondary N) is 1. The van der Waals surface area contributed by atoms with E-state index >= 15 is 0 Å². The summed E-state index contributed by atoms with van der Waals surface area (Å²) in [7, 11) is -3.63. The number of carbonyl (C=O) groups excluding carboxylic acids is 1. The maximum Gasteiger partial charge on any atom is 0.265 e. The lowest BCUT2D eigenvalue weighted by atomic mass is 10.0. The SMILES string of the molecule is Cc1ccc(NC(=O)COn2nnc3ccc(S(=O)(=O)N4CCCC(C)C4)cc32)cc1. The number of piperidine rings is 1. The molecule has 0 aliphatic carbocycles. The highest BCUT2D eigenvalue weighted by Crippen LogP contribution is 2.25. The summed E-state index contributed by atoms with van der Waals surface area (Å²) >= 11 is 0. The highest BCUT2D eigenvalue weighted by molar-refractivity contribution is 7.89. The molecular formula is C21H25N5O4S. The summed E-state index contributed by atoms with van der Waals surface area (Å²) < 4.78 is 27.7. The van der Waals surface area contributed by atoms with Crippen LogP contribution in [0.25, 0.3) is 11.0 Å². The Morgan fingerprint density at radius 1 is 1.23 bits per heavy atom. The van der Waals surface area contributed by atoms with E-state index in [1.54, 1.807) is 18.2 Å². The molecule has 2 aromatic carbocycles. The van der Waals surface area contributed by atoms with Gasteiger partial charge in [0.15, 0.2) is 6.61 Å². The fourth-order valence-corrected chi connectivity index (χ4v) is 5.22. The predicted octanol–water partition coefficient (Wildman–Crippen LogP) is 2.23. The lowest BCUT2D eigenvalue weighted by Crippen LogP contribution is -2.39. The number of nitrogens with zero attached hydrogens (tertiary/aromatic N) is 4. The quantitative estimate of drug-likeness (QED) is 0.626. The van der Waals surface area contributed by atoms with Gasteiger partial charge in [-0.1, -0.05) is 29.5 Å². The standard InChI is InChI=1S/C21H25N5O4S/c1-15-5-7-17(8-6-15)22-21(27)14-30-26-20-12-18(9-10-19(20)23-24-26)31(28,29)25-11-3-4-16(2)13-25/h5-10,12,16H,3-4,11,13-14H2,1-2H3,(H,22,27). The van der Waals surface area contributed by atoms with Crippen LogP contribution in [0.2, 0.25) is 0 Å². The number of benzene rings is 2. The zero-order chi connectivity index (χ0) is 22.0. The van der Waals surface area contributed by atoms with Crippen LogP contribution in [-0.4, -0.2) is 53.5 Å². The molecule has 1 amide bonds. The fourth-order valence-electron chi connectivity index (χ4n) is 3.60. The van der Waals surface area contributed by atoms with Gasteiger partial charge in [0.1, 0.15) is 11.0 Å². The third-order valence-electron chi connectivity index (χ3n) is 5.30. The van der Waals surface area contributed by atoms with Gasteiger partial charge < -0.3 is 10.2 Å². The van der Waals surface area contributed by atoms with Crippen LogP contribution in [0.15, 0.2) is 47.4 Å². The molecule has 0 spiro atoms. The van der Waals surface area contributed by atoms with E-state index in [2.05, 4.69) is 22.6 Å². The number of hydrogen-bond donors (Lipinski definition) is 1. The minimum Gasteiger partial charge on any atom is -0.385 e. The summed E-state index contributed by atoms with van der Waals surface area (Å²) in [5.41, 5.74) is 2.61. The molecule has 3 aromatic rings. The summed E-state index contributed by atoms with van der Waals surface area (Å²) in [4.78, 5) is 18.9. The van der Waals surface area contributed by atoms with E-state index in [0.717, 1.165) is 23.3 Å². The van der Waals surface area contributed by atoms with Crippen molar-refractivity contribution >= 4 is 32.7 Å². The van der Waals surface area contributed by atoms with Crippen LogP contribution in [0, 0.1) is 12.8 Å². The van der Waals surface area contributed by atoms with E-state index in [-0.39, 0.29) is 17.4 Å². The largest absolute Gasteiger partial charge is 0.385 e. The number of anilines is 1. The molecule has 164 valence electrons. The number of sulfonamides is 1. The van der Waals surface area contributed by atoms with Gasteiger partial charge in [-0.2, -0.15) is 4.31 Å². The molecule has 10 heteroatoms. The molecule has 0 bridgehead atoms. The van der Waals surface area contributed by atoms with Crippen molar-refractivity contribution in [3.63, 3.8) is 0 Å². The fraction of sp³-hybridized carbons (Fsp3) is 0.381. The minimum absolute atomic E-state index is 0.158. The van der Waals surface area contributed by atoms with Gasteiger partial charge in [-0.15, -0.1) is 5.10 Å². The zero-order valence-corrected chi connectivity index (χ0v) is 18.3. The summed E-state index contributed by atoms with van der Waals surface area (Å²) in [5.74, 6) is -0.0339. The van der Waals surface area contributed by atoms with Gasteiger partial charge in [0.05, 0.1) is 4.90 Å². The molecule has 4 rings (SSSR count). The van der Waals surface area contributed by atoms with E-state index in [1.165, 1.54) is 16.4 Å². The molecule has 9 nitrogen and oxygen atoms in total. The van der Waals surface area contributed by atoms with E-state index in [4.69, 9.17) is 4.84 Å². The molecule has 31 heavy (non-hydrogen) atoms. The zero-order valence-electron chi connectivity index (χ0n) is 17.5. The number of carbonyl (C=O) groups is 1. The Labute approximate surface area is 181 Å². The topological polar surface area (TPSA) is 106 Å². The van der Waals surface area contributed by atoms with Gasteiger partial charge in [0.2, 0.25) is 10.0 Å². The molecule has 2 heterocycles. The second-order valence-electron chi connectivity index (χ2n) is 7.91.